The Bertz CT molecular complexity index is 572. The molecule has 0 aliphatic carbocycles. The molecule has 138 valence electrons. The van der Waals surface area contributed by atoms with Gasteiger partial charge in [-0.2, -0.15) is 0 Å². The quantitative estimate of drug-likeness (QED) is 0.514. The van der Waals surface area contributed by atoms with Gasteiger partial charge in [0.25, 0.3) is 5.69 Å². The third-order valence-corrected chi connectivity index (χ3v) is 4.01. The number of amides is 1. The molecule has 0 bridgehead atoms. The predicted octanol–water partition coefficient (Wildman–Crippen LogP) is -0.308. The molecule has 1 aromatic rings. The van der Waals surface area contributed by atoms with Gasteiger partial charge in [0.1, 0.15) is 25.0 Å². The molecule has 1 saturated heterocycles. The number of ether oxygens (including phenoxy) is 2. The lowest BCUT2D eigenvalue weighted by Gasteiger charge is -2.32. The number of quaternary nitrogens is 1. The van der Waals surface area contributed by atoms with Crippen LogP contribution in [0.1, 0.15) is 6.92 Å². The maximum atomic E-state index is 11.6. The van der Waals surface area contributed by atoms with Crippen molar-refractivity contribution in [2.45, 2.75) is 13.0 Å². The number of nitrogens with zero attached hydrogens (tertiary/aromatic N) is 2. The number of benzene rings is 1. The Labute approximate surface area is 145 Å². The van der Waals surface area contributed by atoms with E-state index in [9.17, 15) is 20.0 Å². The summed E-state index contributed by atoms with van der Waals surface area (Å²) in [7, 11) is 0. The minimum absolute atomic E-state index is 0.00295. The Balaban J connectivity index is 1.69. The van der Waals surface area contributed by atoms with E-state index in [2.05, 4.69) is 0 Å². The molecule has 9 nitrogen and oxygen atoms in total. The second-order valence-corrected chi connectivity index (χ2v) is 5.86. The van der Waals surface area contributed by atoms with Crippen LogP contribution in [-0.2, 0) is 4.74 Å². The van der Waals surface area contributed by atoms with Gasteiger partial charge in [0.15, 0.2) is 0 Å². The summed E-state index contributed by atoms with van der Waals surface area (Å²) in [4.78, 5) is 24.6. The van der Waals surface area contributed by atoms with Crippen molar-refractivity contribution in [3.8, 4) is 5.75 Å². The minimum atomic E-state index is -0.653. The zero-order valence-electron chi connectivity index (χ0n) is 14.2. The van der Waals surface area contributed by atoms with Crippen molar-refractivity contribution in [3.63, 3.8) is 0 Å². The molecule has 0 saturated carbocycles. The van der Waals surface area contributed by atoms with Crippen LogP contribution >= 0.6 is 0 Å². The van der Waals surface area contributed by atoms with E-state index < -0.39 is 11.0 Å². The molecule has 25 heavy (non-hydrogen) atoms. The zero-order valence-corrected chi connectivity index (χ0v) is 14.2. The molecule has 2 rings (SSSR count). The first-order valence-electron chi connectivity index (χ1n) is 8.30. The highest BCUT2D eigenvalue weighted by molar-refractivity contribution is 5.67. The topological polar surface area (TPSA) is 107 Å². The van der Waals surface area contributed by atoms with Gasteiger partial charge < -0.3 is 19.5 Å². The van der Waals surface area contributed by atoms with Gasteiger partial charge in [-0.25, -0.2) is 4.79 Å². The van der Waals surface area contributed by atoms with Crippen LogP contribution in [0.3, 0.4) is 0 Å². The Kier molecular flexibility index (Phi) is 6.96. The van der Waals surface area contributed by atoms with Crippen LogP contribution in [0.5, 0.6) is 5.75 Å². The van der Waals surface area contributed by atoms with Gasteiger partial charge in [0.05, 0.1) is 37.7 Å². The SMILES string of the molecule is CCOC(=O)N1CC[NH+](C[C@@H](O)COc2ccc([N+](=O)[O-])cc2)CC1. The molecule has 9 heteroatoms. The van der Waals surface area contributed by atoms with Crippen LogP contribution in [0.4, 0.5) is 10.5 Å². The van der Waals surface area contributed by atoms with Gasteiger partial charge in [0, 0.05) is 12.1 Å². The van der Waals surface area contributed by atoms with E-state index in [1.54, 1.807) is 11.8 Å². The van der Waals surface area contributed by atoms with Crippen molar-refractivity contribution >= 4 is 11.8 Å². The van der Waals surface area contributed by atoms with Crippen LogP contribution in [-0.4, -0.2) is 73.1 Å². The number of nitro groups is 1. The number of carbonyl (C=O) groups is 1. The maximum absolute atomic E-state index is 11.6. The van der Waals surface area contributed by atoms with Crippen molar-refractivity contribution in [1.29, 1.82) is 0 Å². The molecule has 1 fully saturated rings. The molecule has 2 N–H and O–H groups in total. The van der Waals surface area contributed by atoms with Gasteiger partial charge in [-0.3, -0.25) is 15.0 Å². The van der Waals surface area contributed by atoms with Gasteiger partial charge in [-0.05, 0) is 19.1 Å². The highest BCUT2D eigenvalue weighted by Crippen LogP contribution is 2.17. The van der Waals surface area contributed by atoms with E-state index in [1.165, 1.54) is 29.2 Å². The smallest absolute Gasteiger partial charge is 0.410 e. The van der Waals surface area contributed by atoms with Crippen molar-refractivity contribution < 1.29 is 29.2 Å². The number of carbonyl (C=O) groups excluding carboxylic acids is 1. The summed E-state index contributed by atoms with van der Waals surface area (Å²) in [6.07, 6.45) is -0.942. The molecule has 1 atom stereocenters. The summed E-state index contributed by atoms with van der Waals surface area (Å²) in [5.74, 6) is 0.479. The molecule has 0 unspecified atom stereocenters. The lowest BCUT2D eigenvalue weighted by molar-refractivity contribution is -0.907. The summed E-state index contributed by atoms with van der Waals surface area (Å²) >= 11 is 0. The third-order valence-electron chi connectivity index (χ3n) is 4.01. The molecule has 1 heterocycles. The molecule has 0 spiro atoms. The Morgan fingerprint density at radius 2 is 2.00 bits per heavy atom. The summed E-state index contributed by atoms with van der Waals surface area (Å²) in [5.41, 5.74) is -0.00295. The summed E-state index contributed by atoms with van der Waals surface area (Å²) in [5, 5.41) is 20.7. The van der Waals surface area contributed by atoms with E-state index >= 15 is 0 Å². The fourth-order valence-electron chi connectivity index (χ4n) is 2.67. The lowest BCUT2D eigenvalue weighted by Crippen LogP contribution is -3.16. The first kappa shape index (κ1) is 18.9. The number of aliphatic hydroxyl groups is 1. The monoisotopic (exact) mass is 354 g/mol. The number of aliphatic hydroxyl groups excluding tert-OH is 1. The fraction of sp³-hybridized carbons (Fsp3) is 0.562. The number of nitrogens with one attached hydrogen (secondary N) is 1. The highest BCUT2D eigenvalue weighted by atomic mass is 16.6. The van der Waals surface area contributed by atoms with Gasteiger partial charge in [-0.15, -0.1) is 0 Å². The second-order valence-electron chi connectivity index (χ2n) is 5.86. The van der Waals surface area contributed by atoms with E-state index in [1.807, 2.05) is 0 Å². The molecule has 1 aliphatic rings. The number of hydrogen-bond donors (Lipinski definition) is 2. The van der Waals surface area contributed by atoms with E-state index in [0.717, 1.165) is 13.1 Å². The normalized spacial score (nSPS) is 16.3. The summed E-state index contributed by atoms with van der Waals surface area (Å²) < 4.78 is 10.4. The van der Waals surface area contributed by atoms with Crippen molar-refractivity contribution in [2.24, 2.45) is 0 Å². The minimum Gasteiger partial charge on any atom is -0.491 e. The van der Waals surface area contributed by atoms with Crippen molar-refractivity contribution in [1.82, 2.24) is 4.90 Å². The van der Waals surface area contributed by atoms with E-state index in [-0.39, 0.29) is 18.4 Å². The van der Waals surface area contributed by atoms with E-state index in [4.69, 9.17) is 9.47 Å². The number of piperazine rings is 1. The Hall–Kier alpha value is -2.39. The maximum Gasteiger partial charge on any atom is 0.410 e. The van der Waals surface area contributed by atoms with E-state index in [0.29, 0.717) is 32.0 Å². The third kappa shape index (κ3) is 5.87. The molecular formula is C16H24N3O6+. The van der Waals surface area contributed by atoms with Crippen LogP contribution in [0.25, 0.3) is 0 Å². The molecule has 1 aliphatic heterocycles. The molecular weight excluding hydrogens is 330 g/mol. The number of rotatable bonds is 7. The molecule has 1 aromatic carbocycles. The predicted molar refractivity (Wildman–Crippen MR) is 88.8 cm³/mol. The number of hydrogen-bond acceptors (Lipinski definition) is 6. The highest BCUT2D eigenvalue weighted by Gasteiger charge is 2.26. The molecule has 0 aromatic heterocycles. The summed E-state index contributed by atoms with van der Waals surface area (Å²) in [6.45, 7) is 5.47. The van der Waals surface area contributed by atoms with Crippen molar-refractivity contribution in [2.75, 3.05) is 45.9 Å². The average molecular weight is 354 g/mol. The Morgan fingerprint density at radius 3 is 2.56 bits per heavy atom. The summed E-state index contributed by atoms with van der Waals surface area (Å²) in [6, 6.07) is 5.74. The first-order valence-corrected chi connectivity index (χ1v) is 8.30. The Morgan fingerprint density at radius 1 is 1.36 bits per heavy atom. The standard InChI is InChI=1S/C16H23N3O6/c1-2-24-16(21)18-9-7-17(8-10-18)11-14(20)12-25-15-5-3-13(4-6-15)19(22)23/h3-6,14,20H,2,7-12H2,1H3/p+1/t14-/m1/s1. The number of non-ortho nitro benzene ring substituents is 1. The lowest BCUT2D eigenvalue weighted by atomic mass is 10.2. The zero-order chi connectivity index (χ0) is 18.2. The second kappa shape index (κ2) is 9.19. The van der Waals surface area contributed by atoms with Crippen LogP contribution in [0.2, 0.25) is 0 Å². The largest absolute Gasteiger partial charge is 0.491 e. The first-order chi connectivity index (χ1) is 12.0. The molecule has 0 radical (unpaired) electrons. The van der Waals surface area contributed by atoms with Crippen molar-refractivity contribution in [3.05, 3.63) is 34.4 Å². The van der Waals surface area contributed by atoms with Crippen LogP contribution in [0, 0.1) is 10.1 Å². The molecule has 1 amide bonds. The van der Waals surface area contributed by atoms with Crippen LogP contribution < -0.4 is 9.64 Å². The fourth-order valence-corrected chi connectivity index (χ4v) is 2.67. The van der Waals surface area contributed by atoms with Gasteiger partial charge in [-0.1, -0.05) is 0 Å². The van der Waals surface area contributed by atoms with Gasteiger partial charge in [0.2, 0.25) is 0 Å². The van der Waals surface area contributed by atoms with Gasteiger partial charge >= 0.3 is 6.09 Å². The van der Waals surface area contributed by atoms with Crippen LogP contribution in [0.15, 0.2) is 24.3 Å². The number of nitro benzene ring substituents is 1. The average Bonchev–Trinajstić information content (AvgIpc) is 2.61.